The Morgan fingerprint density at radius 3 is 3.04 bits per heavy atom. The number of fused-ring (bicyclic) bond motifs is 1. The van der Waals surface area contributed by atoms with Crippen LogP contribution in [-0.2, 0) is 18.3 Å². The first-order valence-electron chi connectivity index (χ1n) is 8.17. The summed E-state index contributed by atoms with van der Waals surface area (Å²) in [5.74, 6) is 0.456. The number of carbonyl (C=O) groups is 1. The van der Waals surface area contributed by atoms with E-state index >= 15 is 0 Å². The zero-order valence-electron chi connectivity index (χ0n) is 13.9. The molecule has 8 nitrogen and oxygen atoms in total. The second kappa shape index (κ2) is 6.48. The van der Waals surface area contributed by atoms with E-state index in [9.17, 15) is 4.79 Å². The van der Waals surface area contributed by atoms with Crippen LogP contribution in [-0.4, -0.2) is 48.6 Å². The molecule has 1 unspecified atom stereocenters. The molecule has 3 aromatic rings. The van der Waals surface area contributed by atoms with Gasteiger partial charge in [0.15, 0.2) is 5.82 Å². The Morgan fingerprint density at radius 2 is 2.28 bits per heavy atom. The summed E-state index contributed by atoms with van der Waals surface area (Å²) >= 11 is 0. The van der Waals surface area contributed by atoms with E-state index in [1.165, 1.54) is 0 Å². The number of aromatic nitrogens is 5. The van der Waals surface area contributed by atoms with E-state index in [1.54, 1.807) is 29.5 Å². The van der Waals surface area contributed by atoms with Gasteiger partial charge in [0, 0.05) is 44.2 Å². The second-order valence-electron chi connectivity index (χ2n) is 6.07. The van der Waals surface area contributed by atoms with E-state index in [2.05, 4.69) is 30.3 Å². The molecule has 4 heterocycles. The van der Waals surface area contributed by atoms with Gasteiger partial charge >= 0.3 is 0 Å². The number of aryl methyl sites for hydroxylation is 1. The molecule has 0 spiro atoms. The molecule has 2 N–H and O–H groups in total. The number of nitrogens with zero attached hydrogens (tertiary/aromatic N) is 5. The van der Waals surface area contributed by atoms with E-state index in [1.807, 2.05) is 25.2 Å². The minimum atomic E-state index is -0.134. The topological polar surface area (TPSA) is 91.7 Å². The third kappa shape index (κ3) is 3.16. The van der Waals surface area contributed by atoms with Crippen LogP contribution >= 0.6 is 0 Å². The Hall–Kier alpha value is -3.00. The molecule has 1 aliphatic rings. The summed E-state index contributed by atoms with van der Waals surface area (Å²) < 4.78 is 1.66. The molecule has 0 saturated carbocycles. The van der Waals surface area contributed by atoms with Crippen molar-refractivity contribution in [2.75, 3.05) is 18.4 Å². The molecule has 128 valence electrons. The van der Waals surface area contributed by atoms with E-state index in [-0.39, 0.29) is 18.5 Å². The summed E-state index contributed by atoms with van der Waals surface area (Å²) in [6, 6.07) is 7.45. The summed E-state index contributed by atoms with van der Waals surface area (Å²) in [7, 11) is 1.82. The van der Waals surface area contributed by atoms with Crippen molar-refractivity contribution in [2.24, 2.45) is 7.05 Å². The number of aromatic amines is 1. The lowest BCUT2D eigenvalue weighted by Crippen LogP contribution is -2.41. The molecule has 4 rings (SSSR count). The highest BCUT2D eigenvalue weighted by Crippen LogP contribution is 2.31. The number of pyridine rings is 1. The quantitative estimate of drug-likeness (QED) is 0.744. The van der Waals surface area contributed by atoms with Gasteiger partial charge in [-0.3, -0.25) is 19.4 Å². The predicted molar refractivity (Wildman–Crippen MR) is 91.8 cm³/mol. The van der Waals surface area contributed by atoms with Crippen LogP contribution in [0.3, 0.4) is 0 Å². The Bertz CT molecular complexity index is 870. The first kappa shape index (κ1) is 15.5. The van der Waals surface area contributed by atoms with Gasteiger partial charge in [0.1, 0.15) is 0 Å². The van der Waals surface area contributed by atoms with Crippen molar-refractivity contribution in [3.63, 3.8) is 0 Å². The van der Waals surface area contributed by atoms with Crippen molar-refractivity contribution in [1.82, 2.24) is 29.6 Å². The van der Waals surface area contributed by atoms with Crippen molar-refractivity contribution in [3.05, 3.63) is 60.1 Å². The minimum absolute atomic E-state index is 0.0985. The molecule has 25 heavy (non-hydrogen) atoms. The number of carbonyl (C=O) groups excluding carboxylic acids is 1. The number of rotatable bonds is 4. The lowest BCUT2D eigenvalue weighted by atomic mass is 9.99. The molecule has 1 amide bonds. The van der Waals surface area contributed by atoms with E-state index in [0.717, 1.165) is 30.0 Å². The molecule has 0 saturated heterocycles. The number of amides is 1. The summed E-state index contributed by atoms with van der Waals surface area (Å²) in [6.07, 6.45) is 6.10. The van der Waals surface area contributed by atoms with Crippen molar-refractivity contribution >= 4 is 11.7 Å². The summed E-state index contributed by atoms with van der Waals surface area (Å²) in [4.78, 5) is 26.7. The molecule has 0 fully saturated rings. The molecule has 0 bridgehead atoms. The van der Waals surface area contributed by atoms with Gasteiger partial charge in [-0.15, -0.1) is 0 Å². The van der Waals surface area contributed by atoms with Gasteiger partial charge in [-0.25, -0.2) is 4.98 Å². The van der Waals surface area contributed by atoms with Crippen LogP contribution in [0, 0.1) is 0 Å². The van der Waals surface area contributed by atoms with Crippen molar-refractivity contribution in [3.8, 4) is 0 Å². The number of imidazole rings is 1. The van der Waals surface area contributed by atoms with Gasteiger partial charge in [0.05, 0.1) is 30.3 Å². The normalized spacial score (nSPS) is 17.2. The monoisotopic (exact) mass is 337 g/mol. The predicted octanol–water partition coefficient (Wildman–Crippen LogP) is 1.12. The average molecular weight is 337 g/mol. The molecule has 8 heteroatoms. The highest BCUT2D eigenvalue weighted by Gasteiger charge is 2.32. The Balaban J connectivity index is 1.56. The van der Waals surface area contributed by atoms with Crippen LogP contribution in [0.5, 0.6) is 0 Å². The molecule has 0 aliphatic carbocycles. The third-order valence-electron chi connectivity index (χ3n) is 4.32. The number of hydrogen-bond acceptors (Lipinski definition) is 5. The maximum Gasteiger partial charge on any atom is 0.239 e. The van der Waals surface area contributed by atoms with Crippen LogP contribution in [0.25, 0.3) is 0 Å². The van der Waals surface area contributed by atoms with Gasteiger partial charge in [-0.05, 0) is 12.1 Å². The highest BCUT2D eigenvalue weighted by atomic mass is 16.2. The molecule has 3 aromatic heterocycles. The van der Waals surface area contributed by atoms with E-state index in [0.29, 0.717) is 5.82 Å². The van der Waals surface area contributed by atoms with E-state index < -0.39 is 0 Å². The molecular formula is C17H19N7O. The maximum atomic E-state index is 12.5. The van der Waals surface area contributed by atoms with Crippen LogP contribution < -0.4 is 5.32 Å². The van der Waals surface area contributed by atoms with Crippen LogP contribution in [0.4, 0.5) is 5.82 Å². The fourth-order valence-corrected chi connectivity index (χ4v) is 3.21. The van der Waals surface area contributed by atoms with Crippen molar-refractivity contribution in [1.29, 1.82) is 0 Å². The van der Waals surface area contributed by atoms with Gasteiger partial charge in [0.25, 0.3) is 0 Å². The molecular weight excluding hydrogens is 318 g/mol. The first-order valence-corrected chi connectivity index (χ1v) is 8.17. The number of anilines is 1. The van der Waals surface area contributed by atoms with Gasteiger partial charge in [0.2, 0.25) is 5.91 Å². The van der Waals surface area contributed by atoms with Crippen molar-refractivity contribution < 1.29 is 4.79 Å². The highest BCUT2D eigenvalue weighted by molar-refractivity contribution is 5.91. The Kier molecular flexibility index (Phi) is 4.02. The van der Waals surface area contributed by atoms with Crippen LogP contribution in [0.15, 0.2) is 43.0 Å². The van der Waals surface area contributed by atoms with E-state index in [4.69, 9.17) is 0 Å². The molecule has 1 aliphatic heterocycles. The molecule has 0 aromatic carbocycles. The summed E-state index contributed by atoms with van der Waals surface area (Å²) in [5.41, 5.74) is 2.94. The second-order valence-corrected chi connectivity index (χ2v) is 6.07. The van der Waals surface area contributed by atoms with Gasteiger partial charge < -0.3 is 10.3 Å². The first-order chi connectivity index (χ1) is 12.2. The summed E-state index contributed by atoms with van der Waals surface area (Å²) in [5, 5.41) is 7.02. The number of hydrogen-bond donors (Lipinski definition) is 2. The Morgan fingerprint density at radius 1 is 1.36 bits per heavy atom. The molecule has 1 atom stereocenters. The zero-order chi connectivity index (χ0) is 17.2. The van der Waals surface area contributed by atoms with Gasteiger partial charge in [-0.2, -0.15) is 5.10 Å². The fourth-order valence-electron chi connectivity index (χ4n) is 3.21. The SMILES string of the molecule is Cn1ccc(NC(=O)CN2CCc3[nH]cnc3C2c2ccccn2)n1. The largest absolute Gasteiger partial charge is 0.348 e. The Labute approximate surface area is 144 Å². The standard InChI is InChI=1S/C17H19N7O/c1-23-8-6-14(22-23)21-15(25)10-24-9-5-12-16(20-11-19-12)17(24)13-4-2-3-7-18-13/h2-4,6-8,11,17H,5,9-10H2,1H3,(H,19,20)(H,21,22,25). The lowest BCUT2D eigenvalue weighted by Gasteiger charge is -2.33. The summed E-state index contributed by atoms with van der Waals surface area (Å²) in [6.45, 7) is 1.01. The fraction of sp³-hybridized carbons (Fsp3) is 0.294. The average Bonchev–Trinajstić information content (AvgIpc) is 3.24. The zero-order valence-corrected chi connectivity index (χ0v) is 13.9. The van der Waals surface area contributed by atoms with Gasteiger partial charge in [-0.1, -0.05) is 6.07 Å². The van der Waals surface area contributed by atoms with Crippen LogP contribution in [0.2, 0.25) is 0 Å². The van der Waals surface area contributed by atoms with Crippen molar-refractivity contribution in [2.45, 2.75) is 12.5 Å². The number of H-pyrrole nitrogens is 1. The molecule has 0 radical (unpaired) electrons. The number of nitrogens with one attached hydrogen (secondary N) is 2. The minimum Gasteiger partial charge on any atom is -0.348 e. The maximum absolute atomic E-state index is 12.5. The van der Waals surface area contributed by atoms with Crippen LogP contribution in [0.1, 0.15) is 23.1 Å². The smallest absolute Gasteiger partial charge is 0.239 e. The third-order valence-corrected chi connectivity index (χ3v) is 4.32. The lowest BCUT2D eigenvalue weighted by molar-refractivity contribution is -0.117.